The first-order valence-corrected chi connectivity index (χ1v) is 10.1. The van der Waals surface area contributed by atoms with Crippen LogP contribution in [0.15, 0.2) is 30.9 Å². The number of carbonyl (C=O) groups excluding carboxylic acids is 1. The maximum absolute atomic E-state index is 12.8. The van der Waals surface area contributed by atoms with Crippen molar-refractivity contribution in [2.24, 2.45) is 7.05 Å². The van der Waals surface area contributed by atoms with Crippen LogP contribution in [-0.2, 0) is 11.8 Å². The molecule has 0 radical (unpaired) electrons. The number of rotatable bonds is 4. The van der Waals surface area contributed by atoms with Gasteiger partial charge in [-0.05, 0) is 25.3 Å². The average molecular weight is 395 g/mol. The molecule has 1 atom stereocenters. The van der Waals surface area contributed by atoms with Crippen molar-refractivity contribution >= 4 is 17.5 Å². The van der Waals surface area contributed by atoms with E-state index in [2.05, 4.69) is 20.3 Å². The van der Waals surface area contributed by atoms with Crippen molar-refractivity contribution in [2.45, 2.75) is 31.2 Å². The smallest absolute Gasteiger partial charge is 0.256 e. The Balaban J connectivity index is 1.25. The zero-order valence-corrected chi connectivity index (χ0v) is 16.5. The maximum atomic E-state index is 12.8. The number of ether oxygens (including phenoxy) is 1. The summed E-state index contributed by atoms with van der Waals surface area (Å²) in [6, 6.07) is 2.08. The van der Waals surface area contributed by atoms with Gasteiger partial charge in [-0.2, -0.15) is 5.10 Å². The Morgan fingerprint density at radius 1 is 1.24 bits per heavy atom. The summed E-state index contributed by atoms with van der Waals surface area (Å²) < 4.78 is 9.08. The number of aryl methyl sites for hydroxylation is 1. The molecule has 5 heterocycles. The predicted octanol–water partition coefficient (Wildman–Crippen LogP) is 1.37. The zero-order valence-electron chi connectivity index (χ0n) is 16.5. The third-order valence-electron chi connectivity index (χ3n) is 5.89. The molecule has 9 heteroatoms. The average Bonchev–Trinajstić information content (AvgIpc) is 3.47. The third kappa shape index (κ3) is 3.46. The molecule has 0 spiro atoms. The van der Waals surface area contributed by atoms with Gasteiger partial charge in [0.05, 0.1) is 6.20 Å². The Kier molecular flexibility index (Phi) is 4.67. The number of nitrogens with zero attached hydrogens (tertiary/aromatic N) is 6. The number of anilines is 1. The minimum atomic E-state index is -0.0921. The first-order valence-electron chi connectivity index (χ1n) is 10.1. The van der Waals surface area contributed by atoms with Gasteiger partial charge in [-0.1, -0.05) is 0 Å². The molecular formula is C20H25N7O2. The lowest BCUT2D eigenvalue weighted by molar-refractivity contribution is 0.0845. The summed E-state index contributed by atoms with van der Waals surface area (Å²) in [6.07, 6.45) is 10.1. The molecule has 5 rings (SSSR count). The van der Waals surface area contributed by atoms with E-state index in [1.54, 1.807) is 10.7 Å². The summed E-state index contributed by atoms with van der Waals surface area (Å²) >= 11 is 0. The number of nitrogens with one attached hydrogen (secondary N) is 1. The highest BCUT2D eigenvalue weighted by Gasteiger charge is 2.28. The highest BCUT2D eigenvalue weighted by Crippen LogP contribution is 2.27. The van der Waals surface area contributed by atoms with Gasteiger partial charge in [0.25, 0.3) is 5.91 Å². The third-order valence-corrected chi connectivity index (χ3v) is 5.89. The van der Waals surface area contributed by atoms with Gasteiger partial charge in [0.2, 0.25) is 5.95 Å². The molecule has 0 aromatic carbocycles. The Morgan fingerprint density at radius 3 is 2.97 bits per heavy atom. The number of hydrogen-bond donors (Lipinski definition) is 1. The van der Waals surface area contributed by atoms with Gasteiger partial charge in [0.1, 0.15) is 11.2 Å². The van der Waals surface area contributed by atoms with E-state index in [0.29, 0.717) is 18.0 Å². The fraction of sp³-hybridized carbons (Fsp3) is 0.500. The number of aromatic nitrogens is 5. The topological polar surface area (TPSA) is 89.6 Å². The van der Waals surface area contributed by atoms with Gasteiger partial charge >= 0.3 is 0 Å². The van der Waals surface area contributed by atoms with Crippen LogP contribution in [0.4, 0.5) is 5.95 Å². The van der Waals surface area contributed by atoms with E-state index in [0.717, 1.165) is 56.3 Å². The second kappa shape index (κ2) is 7.47. The van der Waals surface area contributed by atoms with E-state index in [1.807, 2.05) is 36.3 Å². The van der Waals surface area contributed by atoms with Crippen LogP contribution in [0.1, 0.15) is 41.2 Å². The van der Waals surface area contributed by atoms with Crippen molar-refractivity contribution in [1.82, 2.24) is 29.5 Å². The Labute approximate surface area is 168 Å². The number of fused-ring (bicyclic) bond motifs is 1. The van der Waals surface area contributed by atoms with Crippen LogP contribution >= 0.6 is 0 Å². The van der Waals surface area contributed by atoms with E-state index < -0.39 is 0 Å². The largest absolute Gasteiger partial charge is 0.381 e. The summed E-state index contributed by atoms with van der Waals surface area (Å²) in [5, 5.41) is 7.40. The SMILES string of the molecule is Cn1ccn2ncc(C(=O)NC3CCN(c4nccc(C5CCOCC5)n4)C3)c12. The highest BCUT2D eigenvalue weighted by molar-refractivity contribution is 6.00. The van der Waals surface area contributed by atoms with Crippen molar-refractivity contribution < 1.29 is 9.53 Å². The first kappa shape index (κ1) is 18.1. The molecule has 0 saturated carbocycles. The van der Waals surface area contributed by atoms with Crippen molar-refractivity contribution in [3.05, 3.63) is 42.1 Å². The summed E-state index contributed by atoms with van der Waals surface area (Å²) in [5.41, 5.74) is 2.48. The fourth-order valence-corrected chi connectivity index (χ4v) is 4.27. The minimum absolute atomic E-state index is 0.0630. The van der Waals surface area contributed by atoms with Gasteiger partial charge in [-0.15, -0.1) is 0 Å². The van der Waals surface area contributed by atoms with Gasteiger partial charge in [-0.3, -0.25) is 4.79 Å². The van der Waals surface area contributed by atoms with Crippen molar-refractivity contribution in [3.8, 4) is 0 Å². The van der Waals surface area contributed by atoms with Crippen molar-refractivity contribution in [3.63, 3.8) is 0 Å². The summed E-state index contributed by atoms with van der Waals surface area (Å²) in [5.74, 6) is 1.10. The van der Waals surface area contributed by atoms with Gasteiger partial charge in [-0.25, -0.2) is 14.5 Å². The molecule has 2 aliphatic rings. The summed E-state index contributed by atoms with van der Waals surface area (Å²) in [6.45, 7) is 3.13. The fourth-order valence-electron chi connectivity index (χ4n) is 4.27. The monoisotopic (exact) mass is 395 g/mol. The maximum Gasteiger partial charge on any atom is 0.256 e. The normalized spacial score (nSPS) is 20.4. The Morgan fingerprint density at radius 2 is 2.10 bits per heavy atom. The molecule has 1 N–H and O–H groups in total. The quantitative estimate of drug-likeness (QED) is 0.718. The second-order valence-electron chi connectivity index (χ2n) is 7.81. The van der Waals surface area contributed by atoms with Gasteiger partial charge in [0.15, 0.2) is 0 Å². The minimum Gasteiger partial charge on any atom is -0.381 e. The molecule has 29 heavy (non-hydrogen) atoms. The molecule has 152 valence electrons. The van der Waals surface area contributed by atoms with Crippen LogP contribution in [0.25, 0.3) is 5.65 Å². The van der Waals surface area contributed by atoms with E-state index in [-0.39, 0.29) is 11.9 Å². The zero-order chi connectivity index (χ0) is 19.8. The molecule has 1 amide bonds. The Hall–Kier alpha value is -2.94. The molecule has 0 bridgehead atoms. The molecule has 1 unspecified atom stereocenters. The first-order chi connectivity index (χ1) is 14.2. The number of hydrogen-bond acceptors (Lipinski definition) is 6. The van der Waals surface area contributed by atoms with Crippen LogP contribution in [0, 0.1) is 0 Å². The van der Waals surface area contributed by atoms with E-state index in [9.17, 15) is 4.79 Å². The molecule has 3 aromatic heterocycles. The highest BCUT2D eigenvalue weighted by atomic mass is 16.5. The number of imidazole rings is 1. The van der Waals surface area contributed by atoms with Gasteiger partial charge in [0, 0.05) is 69.6 Å². The van der Waals surface area contributed by atoms with E-state index >= 15 is 0 Å². The van der Waals surface area contributed by atoms with Crippen LogP contribution in [0.5, 0.6) is 0 Å². The van der Waals surface area contributed by atoms with Crippen LogP contribution in [0.2, 0.25) is 0 Å². The van der Waals surface area contributed by atoms with E-state index in [4.69, 9.17) is 9.72 Å². The molecule has 2 saturated heterocycles. The lowest BCUT2D eigenvalue weighted by atomic mass is 9.96. The van der Waals surface area contributed by atoms with Crippen LogP contribution < -0.4 is 10.2 Å². The molecule has 2 fully saturated rings. The second-order valence-corrected chi connectivity index (χ2v) is 7.81. The number of carbonyl (C=O) groups is 1. The van der Waals surface area contributed by atoms with Crippen molar-refractivity contribution in [2.75, 3.05) is 31.2 Å². The Bertz CT molecular complexity index is 1020. The molecular weight excluding hydrogens is 370 g/mol. The lowest BCUT2D eigenvalue weighted by Gasteiger charge is -2.23. The molecule has 3 aromatic rings. The van der Waals surface area contributed by atoms with Crippen molar-refractivity contribution in [1.29, 1.82) is 0 Å². The lowest BCUT2D eigenvalue weighted by Crippen LogP contribution is -2.37. The summed E-state index contributed by atoms with van der Waals surface area (Å²) in [7, 11) is 1.91. The van der Waals surface area contributed by atoms with Gasteiger partial charge < -0.3 is 19.5 Å². The van der Waals surface area contributed by atoms with Crippen LogP contribution in [-0.4, -0.2) is 62.4 Å². The molecule has 9 nitrogen and oxygen atoms in total. The van der Waals surface area contributed by atoms with E-state index in [1.165, 1.54) is 0 Å². The summed E-state index contributed by atoms with van der Waals surface area (Å²) in [4.78, 5) is 24.2. The van der Waals surface area contributed by atoms with Crippen LogP contribution in [0.3, 0.4) is 0 Å². The molecule has 2 aliphatic heterocycles. The molecule has 0 aliphatic carbocycles. The predicted molar refractivity (Wildman–Crippen MR) is 107 cm³/mol. The number of amides is 1. The standard InChI is InChI=1S/C20H25N7O2/c1-25-8-9-27-19(25)16(12-22-27)18(28)23-15-3-7-26(13-15)20-21-6-2-17(24-20)14-4-10-29-11-5-14/h2,6,8-9,12,14-15H,3-5,7,10-11,13H2,1H3,(H,23,28).